The molecule has 9 heteroatoms. The molecule has 0 saturated heterocycles. The number of hydrogen-bond acceptors (Lipinski definition) is 5. The Morgan fingerprint density at radius 2 is 1.82 bits per heavy atom. The second-order valence-corrected chi connectivity index (χ2v) is 8.09. The van der Waals surface area contributed by atoms with E-state index >= 15 is 0 Å². The zero-order valence-electron chi connectivity index (χ0n) is 18.9. The number of benzene rings is 1. The molecule has 3 amide bonds. The van der Waals surface area contributed by atoms with Crippen LogP contribution in [0.25, 0.3) is 0 Å². The molecule has 1 aromatic carbocycles. The number of furan rings is 1. The van der Waals surface area contributed by atoms with Crippen LogP contribution in [0.4, 0.5) is 10.1 Å². The van der Waals surface area contributed by atoms with E-state index < -0.39 is 29.6 Å². The van der Waals surface area contributed by atoms with Gasteiger partial charge in [0, 0.05) is 25.4 Å². The lowest BCUT2D eigenvalue weighted by molar-refractivity contribution is -0.139. The summed E-state index contributed by atoms with van der Waals surface area (Å²) in [6.45, 7) is 2.18. The topological polar surface area (TPSA) is 101 Å². The van der Waals surface area contributed by atoms with E-state index in [4.69, 9.17) is 9.15 Å². The van der Waals surface area contributed by atoms with Crippen molar-refractivity contribution in [3.8, 4) is 0 Å². The van der Waals surface area contributed by atoms with Crippen LogP contribution in [0.15, 0.2) is 40.8 Å². The monoisotopic (exact) mass is 459 g/mol. The quantitative estimate of drug-likeness (QED) is 0.467. The van der Waals surface area contributed by atoms with Gasteiger partial charge in [0.05, 0.1) is 6.61 Å². The van der Waals surface area contributed by atoms with Crippen LogP contribution >= 0.6 is 0 Å². The summed E-state index contributed by atoms with van der Waals surface area (Å²) < 4.78 is 24.3. The molecular weight excluding hydrogens is 429 g/mol. The standard InChI is InChI=1S/C24H30FN3O5/c1-16-8-13-20(33-16)21(22(29)26-14-15-32-2)28(19-11-9-17(25)10-12-19)24(31)23(30)27-18-6-4-3-5-7-18/h8-13,18,21H,3-7,14-15H2,1-2H3,(H,26,29)(H,27,30)/t21-/m0/s1. The Morgan fingerprint density at radius 3 is 2.42 bits per heavy atom. The van der Waals surface area contributed by atoms with Gasteiger partial charge in [0.2, 0.25) is 0 Å². The van der Waals surface area contributed by atoms with Gasteiger partial charge in [0.25, 0.3) is 5.91 Å². The molecule has 0 aliphatic heterocycles. The van der Waals surface area contributed by atoms with Gasteiger partial charge < -0.3 is 19.8 Å². The van der Waals surface area contributed by atoms with Crippen molar-refractivity contribution < 1.29 is 27.9 Å². The highest BCUT2D eigenvalue weighted by atomic mass is 19.1. The van der Waals surface area contributed by atoms with Gasteiger partial charge in [-0.2, -0.15) is 0 Å². The third kappa shape index (κ3) is 6.41. The van der Waals surface area contributed by atoms with E-state index in [9.17, 15) is 18.8 Å². The molecule has 8 nitrogen and oxygen atoms in total. The molecule has 2 N–H and O–H groups in total. The lowest BCUT2D eigenvalue weighted by Crippen LogP contribution is -2.51. The highest BCUT2D eigenvalue weighted by Gasteiger charge is 2.38. The van der Waals surface area contributed by atoms with Crippen LogP contribution in [0.2, 0.25) is 0 Å². The number of anilines is 1. The number of carbonyl (C=O) groups is 3. The summed E-state index contributed by atoms with van der Waals surface area (Å²) in [4.78, 5) is 40.6. The van der Waals surface area contributed by atoms with Crippen LogP contribution in [0, 0.1) is 12.7 Å². The first-order chi connectivity index (χ1) is 15.9. The minimum absolute atomic E-state index is 0.0925. The molecule has 0 spiro atoms. The van der Waals surface area contributed by atoms with E-state index in [0.717, 1.165) is 37.0 Å². The molecule has 33 heavy (non-hydrogen) atoms. The van der Waals surface area contributed by atoms with Crippen molar-refractivity contribution in [3.05, 3.63) is 53.7 Å². The van der Waals surface area contributed by atoms with Gasteiger partial charge in [-0.25, -0.2) is 4.39 Å². The summed E-state index contributed by atoms with van der Waals surface area (Å²) in [6, 6.07) is 6.93. The minimum atomic E-state index is -1.27. The largest absolute Gasteiger partial charge is 0.464 e. The SMILES string of the molecule is COCCNC(=O)[C@H](c1ccc(C)o1)N(C(=O)C(=O)NC1CCCCC1)c1ccc(F)cc1. The van der Waals surface area contributed by atoms with Crippen LogP contribution < -0.4 is 15.5 Å². The number of halogens is 1. The van der Waals surface area contributed by atoms with Crippen LogP contribution in [-0.4, -0.2) is 44.0 Å². The molecule has 0 radical (unpaired) electrons. The molecule has 0 unspecified atom stereocenters. The van der Waals surface area contributed by atoms with Crippen molar-refractivity contribution in [2.24, 2.45) is 0 Å². The Kier molecular flexibility index (Phi) is 8.59. The lowest BCUT2D eigenvalue weighted by atomic mass is 9.95. The summed E-state index contributed by atoms with van der Waals surface area (Å²) in [5.41, 5.74) is 0.195. The number of hydrogen-bond donors (Lipinski definition) is 2. The molecular formula is C24H30FN3O5. The number of aryl methyl sites for hydroxylation is 1. The first-order valence-electron chi connectivity index (χ1n) is 11.1. The van der Waals surface area contributed by atoms with E-state index in [1.807, 2.05) is 0 Å². The van der Waals surface area contributed by atoms with Crippen molar-refractivity contribution in [1.82, 2.24) is 10.6 Å². The number of amides is 3. The molecule has 1 aliphatic carbocycles. The van der Waals surface area contributed by atoms with Crippen molar-refractivity contribution in [3.63, 3.8) is 0 Å². The van der Waals surface area contributed by atoms with Gasteiger partial charge >= 0.3 is 11.8 Å². The normalized spacial score (nSPS) is 15.0. The van der Waals surface area contributed by atoms with Crippen molar-refractivity contribution in [1.29, 1.82) is 0 Å². The fourth-order valence-electron chi connectivity index (χ4n) is 3.94. The van der Waals surface area contributed by atoms with Gasteiger partial charge in [-0.05, 0) is 56.2 Å². The minimum Gasteiger partial charge on any atom is -0.464 e. The van der Waals surface area contributed by atoms with E-state index in [1.165, 1.54) is 31.4 Å². The van der Waals surface area contributed by atoms with E-state index in [2.05, 4.69) is 10.6 Å². The van der Waals surface area contributed by atoms with E-state index in [1.54, 1.807) is 19.1 Å². The van der Waals surface area contributed by atoms with Gasteiger partial charge in [-0.1, -0.05) is 19.3 Å². The number of methoxy groups -OCH3 is 1. The summed E-state index contributed by atoms with van der Waals surface area (Å²) in [7, 11) is 1.50. The van der Waals surface area contributed by atoms with Gasteiger partial charge in [-0.15, -0.1) is 0 Å². The lowest BCUT2D eigenvalue weighted by Gasteiger charge is -2.30. The van der Waals surface area contributed by atoms with Gasteiger partial charge in [0.1, 0.15) is 17.3 Å². The number of rotatable bonds is 8. The van der Waals surface area contributed by atoms with Gasteiger partial charge in [0.15, 0.2) is 6.04 Å². The molecule has 2 aromatic rings. The molecule has 178 valence electrons. The molecule has 1 aromatic heterocycles. The summed E-state index contributed by atoms with van der Waals surface area (Å²) >= 11 is 0. The maximum Gasteiger partial charge on any atom is 0.317 e. The number of nitrogens with one attached hydrogen (secondary N) is 2. The Balaban J connectivity index is 1.96. The Bertz CT molecular complexity index is 953. The summed E-state index contributed by atoms with van der Waals surface area (Å²) in [6.07, 6.45) is 4.67. The Hall–Kier alpha value is -3.20. The maximum atomic E-state index is 13.6. The Labute approximate surface area is 192 Å². The highest BCUT2D eigenvalue weighted by Crippen LogP contribution is 2.30. The second-order valence-electron chi connectivity index (χ2n) is 8.09. The molecule has 1 saturated carbocycles. The predicted molar refractivity (Wildman–Crippen MR) is 120 cm³/mol. The number of carbonyl (C=O) groups excluding carboxylic acids is 3. The molecule has 1 aliphatic rings. The first kappa shape index (κ1) is 24.4. The second kappa shape index (κ2) is 11.6. The first-order valence-corrected chi connectivity index (χ1v) is 11.1. The average molecular weight is 460 g/mol. The highest BCUT2D eigenvalue weighted by molar-refractivity contribution is 6.41. The van der Waals surface area contributed by atoms with Crippen LogP contribution in [-0.2, 0) is 19.1 Å². The zero-order valence-corrected chi connectivity index (χ0v) is 18.9. The zero-order chi connectivity index (χ0) is 23.8. The van der Waals surface area contributed by atoms with Crippen LogP contribution in [0.1, 0.15) is 49.7 Å². The maximum absolute atomic E-state index is 13.6. The van der Waals surface area contributed by atoms with Crippen molar-refractivity contribution >= 4 is 23.4 Å². The van der Waals surface area contributed by atoms with Crippen molar-refractivity contribution in [2.75, 3.05) is 25.2 Å². The average Bonchev–Trinajstić information content (AvgIpc) is 3.24. The third-order valence-electron chi connectivity index (χ3n) is 5.60. The Morgan fingerprint density at radius 1 is 1.12 bits per heavy atom. The third-order valence-corrected chi connectivity index (χ3v) is 5.60. The van der Waals surface area contributed by atoms with Crippen LogP contribution in [0.5, 0.6) is 0 Å². The molecule has 1 heterocycles. The van der Waals surface area contributed by atoms with E-state index in [0.29, 0.717) is 5.76 Å². The summed E-state index contributed by atoms with van der Waals surface area (Å²) in [5, 5.41) is 5.50. The number of nitrogens with zero attached hydrogens (tertiary/aromatic N) is 1. The fraction of sp³-hybridized carbons (Fsp3) is 0.458. The van der Waals surface area contributed by atoms with E-state index in [-0.39, 0.29) is 30.6 Å². The van der Waals surface area contributed by atoms with Crippen LogP contribution in [0.3, 0.4) is 0 Å². The molecule has 1 atom stereocenters. The smallest absolute Gasteiger partial charge is 0.317 e. The molecule has 3 rings (SSSR count). The van der Waals surface area contributed by atoms with Gasteiger partial charge in [-0.3, -0.25) is 19.3 Å². The molecule has 1 fully saturated rings. The van der Waals surface area contributed by atoms with Crippen molar-refractivity contribution in [2.45, 2.75) is 51.1 Å². The summed E-state index contributed by atoms with van der Waals surface area (Å²) in [5.74, 6) is -2.07. The predicted octanol–water partition coefficient (Wildman–Crippen LogP) is 3.01. The number of ether oxygens (including phenoxy) is 1. The molecule has 0 bridgehead atoms. The fourth-order valence-corrected chi connectivity index (χ4v) is 3.94.